The number of fused-ring (bicyclic) bond motifs is 1. The second-order valence-corrected chi connectivity index (χ2v) is 4.93. The van der Waals surface area contributed by atoms with Gasteiger partial charge in [-0.25, -0.2) is 4.98 Å². The van der Waals surface area contributed by atoms with Gasteiger partial charge in [0.2, 0.25) is 0 Å². The molecule has 0 spiro atoms. The Morgan fingerprint density at radius 2 is 2.13 bits per heavy atom. The number of rotatable bonds is 5. The molecule has 0 bridgehead atoms. The van der Waals surface area contributed by atoms with E-state index in [2.05, 4.69) is 20.3 Å². The topological polar surface area (TPSA) is 91.2 Å². The van der Waals surface area contributed by atoms with Crippen LogP contribution < -0.4 is 10.6 Å². The Kier molecular flexibility index (Phi) is 4.35. The highest BCUT2D eigenvalue weighted by Gasteiger charge is 2.05. The maximum atomic E-state index is 7.52. The molecular weight excluding hydrogens is 288 g/mol. The van der Waals surface area contributed by atoms with Crippen molar-refractivity contribution in [3.05, 3.63) is 60.7 Å². The molecule has 0 aliphatic rings. The van der Waals surface area contributed by atoms with Gasteiger partial charge in [-0.05, 0) is 30.3 Å². The van der Waals surface area contributed by atoms with Crippen molar-refractivity contribution in [1.29, 1.82) is 5.41 Å². The minimum absolute atomic E-state index is 0.729. The number of nitrogens with two attached hydrogens (primary N) is 1. The standard InChI is InChI=1S/C17H16N6/c1-19-9-13(8-18)12-7-16-15(21-10-12)4-5-17(23-16)22-14-3-2-6-20-11-14/h2-11,18-19H,1H3,(H,22,23)/p+1/b13-9+,18-8?. The van der Waals surface area contributed by atoms with E-state index in [1.54, 1.807) is 18.6 Å². The molecule has 0 aliphatic heterocycles. The fourth-order valence-corrected chi connectivity index (χ4v) is 2.23. The summed E-state index contributed by atoms with van der Waals surface area (Å²) in [6, 6.07) is 9.54. The largest absolute Gasteiger partial charge is 0.339 e. The summed E-state index contributed by atoms with van der Waals surface area (Å²) in [6.07, 6.45) is 8.44. The number of quaternary nitrogens is 1. The maximum Gasteiger partial charge on any atom is 0.131 e. The van der Waals surface area contributed by atoms with Gasteiger partial charge in [0.1, 0.15) is 12.0 Å². The zero-order valence-electron chi connectivity index (χ0n) is 12.7. The van der Waals surface area contributed by atoms with Gasteiger partial charge in [0.15, 0.2) is 0 Å². The lowest BCUT2D eigenvalue weighted by molar-refractivity contribution is -0.555. The van der Waals surface area contributed by atoms with E-state index in [9.17, 15) is 0 Å². The molecule has 0 fully saturated rings. The number of hydrogen-bond donors (Lipinski definition) is 3. The normalized spacial score (nSPS) is 11.4. The Morgan fingerprint density at radius 3 is 2.87 bits per heavy atom. The van der Waals surface area contributed by atoms with Crippen molar-refractivity contribution < 1.29 is 5.32 Å². The minimum atomic E-state index is 0.729. The van der Waals surface area contributed by atoms with Crippen LogP contribution in [-0.4, -0.2) is 28.2 Å². The third-order valence-corrected chi connectivity index (χ3v) is 3.31. The lowest BCUT2D eigenvalue weighted by atomic mass is 10.1. The first-order valence-corrected chi connectivity index (χ1v) is 7.24. The number of aromatic nitrogens is 3. The van der Waals surface area contributed by atoms with Crippen LogP contribution in [0.2, 0.25) is 0 Å². The third kappa shape index (κ3) is 3.38. The number of allylic oxidation sites excluding steroid dienone is 1. The first kappa shape index (κ1) is 14.8. The molecule has 0 saturated heterocycles. The molecule has 0 amide bonds. The summed E-state index contributed by atoms with van der Waals surface area (Å²) in [7, 11) is 1.92. The van der Waals surface area contributed by atoms with Crippen LogP contribution in [0.25, 0.3) is 16.6 Å². The van der Waals surface area contributed by atoms with Gasteiger partial charge >= 0.3 is 0 Å². The Balaban J connectivity index is 1.97. The first-order valence-electron chi connectivity index (χ1n) is 7.24. The van der Waals surface area contributed by atoms with Gasteiger partial charge in [-0.2, -0.15) is 0 Å². The second-order valence-electron chi connectivity index (χ2n) is 4.93. The molecule has 114 valence electrons. The number of anilines is 2. The van der Waals surface area contributed by atoms with Crippen LogP contribution in [0.15, 0.2) is 55.1 Å². The smallest absolute Gasteiger partial charge is 0.131 e. The highest BCUT2D eigenvalue weighted by molar-refractivity contribution is 6.08. The average molecular weight is 305 g/mol. The molecule has 23 heavy (non-hydrogen) atoms. The summed E-state index contributed by atoms with van der Waals surface area (Å²) in [5, 5.41) is 12.6. The molecule has 0 aromatic carbocycles. The van der Waals surface area contributed by atoms with E-state index in [4.69, 9.17) is 5.41 Å². The van der Waals surface area contributed by atoms with E-state index in [1.165, 1.54) is 6.21 Å². The van der Waals surface area contributed by atoms with Crippen molar-refractivity contribution in [2.45, 2.75) is 0 Å². The summed E-state index contributed by atoms with van der Waals surface area (Å²) in [6.45, 7) is 0. The maximum absolute atomic E-state index is 7.52. The van der Waals surface area contributed by atoms with E-state index in [0.29, 0.717) is 0 Å². The SMILES string of the molecule is C[NH2+]/C=C(\C=N)c1cnc2ccc(Nc3cccnc3)nc2c1. The Labute approximate surface area is 133 Å². The van der Waals surface area contributed by atoms with Crippen molar-refractivity contribution in [3.63, 3.8) is 0 Å². The fraction of sp³-hybridized carbons (Fsp3) is 0.0588. The van der Waals surface area contributed by atoms with Gasteiger partial charge in [-0.3, -0.25) is 9.97 Å². The summed E-state index contributed by atoms with van der Waals surface area (Å²) in [5.41, 5.74) is 4.14. The Hall–Kier alpha value is -3.12. The lowest BCUT2D eigenvalue weighted by Gasteiger charge is -2.07. The molecule has 0 aliphatic carbocycles. The molecule has 0 saturated carbocycles. The zero-order chi connectivity index (χ0) is 16.1. The van der Waals surface area contributed by atoms with E-state index in [-0.39, 0.29) is 0 Å². The molecule has 0 atom stereocenters. The van der Waals surface area contributed by atoms with Gasteiger partial charge in [0.05, 0.1) is 35.5 Å². The molecule has 4 N–H and O–H groups in total. The molecule has 6 heteroatoms. The second kappa shape index (κ2) is 6.76. The van der Waals surface area contributed by atoms with Crippen molar-refractivity contribution >= 4 is 34.3 Å². The van der Waals surface area contributed by atoms with Crippen molar-refractivity contribution in [3.8, 4) is 0 Å². The fourth-order valence-electron chi connectivity index (χ4n) is 2.23. The van der Waals surface area contributed by atoms with Crippen LogP contribution in [-0.2, 0) is 0 Å². The Bertz CT molecular complexity index is 857. The highest BCUT2D eigenvalue weighted by atomic mass is 15.0. The lowest BCUT2D eigenvalue weighted by Crippen LogP contribution is -2.72. The summed E-state index contributed by atoms with van der Waals surface area (Å²) >= 11 is 0. The zero-order valence-corrected chi connectivity index (χ0v) is 12.7. The minimum Gasteiger partial charge on any atom is -0.339 e. The first-order chi connectivity index (χ1) is 11.3. The van der Waals surface area contributed by atoms with Crippen LogP contribution in [0.3, 0.4) is 0 Å². The van der Waals surface area contributed by atoms with Gasteiger partial charge in [0.25, 0.3) is 0 Å². The number of hydrogen-bond acceptors (Lipinski definition) is 5. The molecular formula is C17H17N6+. The quantitative estimate of drug-likeness (QED) is 0.628. The molecule has 3 aromatic heterocycles. The summed E-state index contributed by atoms with van der Waals surface area (Å²) in [4.78, 5) is 13.1. The van der Waals surface area contributed by atoms with Crippen molar-refractivity contribution in [2.24, 2.45) is 0 Å². The monoisotopic (exact) mass is 305 g/mol. The molecule has 0 unspecified atom stereocenters. The van der Waals surface area contributed by atoms with Crippen LogP contribution in [0, 0.1) is 5.41 Å². The highest BCUT2D eigenvalue weighted by Crippen LogP contribution is 2.20. The number of nitrogens with zero attached hydrogens (tertiary/aromatic N) is 3. The average Bonchev–Trinajstić information content (AvgIpc) is 2.60. The third-order valence-electron chi connectivity index (χ3n) is 3.31. The number of nitrogens with one attached hydrogen (secondary N) is 2. The van der Waals surface area contributed by atoms with Crippen LogP contribution in [0.5, 0.6) is 0 Å². The number of pyridine rings is 3. The molecule has 3 rings (SSSR count). The van der Waals surface area contributed by atoms with Crippen LogP contribution in [0.4, 0.5) is 11.5 Å². The summed E-state index contributed by atoms with van der Waals surface area (Å²) < 4.78 is 0. The van der Waals surface area contributed by atoms with E-state index < -0.39 is 0 Å². The van der Waals surface area contributed by atoms with E-state index in [1.807, 2.05) is 48.9 Å². The van der Waals surface area contributed by atoms with E-state index in [0.717, 1.165) is 33.7 Å². The molecule has 3 aromatic rings. The van der Waals surface area contributed by atoms with Gasteiger partial charge in [0, 0.05) is 24.2 Å². The van der Waals surface area contributed by atoms with Gasteiger partial charge in [-0.15, -0.1) is 0 Å². The van der Waals surface area contributed by atoms with Crippen molar-refractivity contribution in [2.75, 3.05) is 12.4 Å². The van der Waals surface area contributed by atoms with Crippen LogP contribution in [0.1, 0.15) is 5.56 Å². The van der Waals surface area contributed by atoms with Gasteiger partial charge < -0.3 is 16.0 Å². The molecule has 6 nitrogen and oxygen atoms in total. The molecule has 3 heterocycles. The predicted molar refractivity (Wildman–Crippen MR) is 91.7 cm³/mol. The van der Waals surface area contributed by atoms with E-state index >= 15 is 0 Å². The summed E-state index contributed by atoms with van der Waals surface area (Å²) in [5.74, 6) is 0.729. The van der Waals surface area contributed by atoms with Crippen molar-refractivity contribution in [1.82, 2.24) is 15.0 Å². The molecule has 0 radical (unpaired) electrons. The Morgan fingerprint density at radius 1 is 1.22 bits per heavy atom. The predicted octanol–water partition coefficient (Wildman–Crippen LogP) is 1.95. The van der Waals surface area contributed by atoms with Gasteiger partial charge in [-0.1, -0.05) is 0 Å². The van der Waals surface area contributed by atoms with Crippen LogP contribution >= 0.6 is 0 Å².